The van der Waals surface area contributed by atoms with Crippen LogP contribution in [0.4, 0.5) is 0 Å². The van der Waals surface area contributed by atoms with Crippen LogP contribution in [-0.4, -0.2) is 46.7 Å². The summed E-state index contributed by atoms with van der Waals surface area (Å²) in [4.78, 5) is 7.94. The Morgan fingerprint density at radius 1 is 1.14 bits per heavy atom. The van der Waals surface area contributed by atoms with Crippen LogP contribution in [-0.2, 0) is 12.8 Å². The first-order chi connectivity index (χ1) is 13.6. The predicted octanol–water partition coefficient (Wildman–Crippen LogP) is 5.39. The van der Waals surface area contributed by atoms with E-state index < -0.39 is 0 Å². The SMILES string of the molecule is CCC1=C([As])N(C(CC)CC)C(CC)C(c2c(OC)ccc3c2CCCC3)=N1. The Hall–Kier alpha value is -1.21. The zero-order chi connectivity index (χ0) is 20.3. The summed E-state index contributed by atoms with van der Waals surface area (Å²) in [6.45, 7) is 9.14. The van der Waals surface area contributed by atoms with Crippen LogP contribution in [0.2, 0.25) is 0 Å². The first kappa shape index (κ1) is 21.5. The van der Waals surface area contributed by atoms with E-state index in [-0.39, 0.29) is 0 Å². The predicted molar refractivity (Wildman–Crippen MR) is 120 cm³/mol. The summed E-state index contributed by atoms with van der Waals surface area (Å²) >= 11 is 2.82. The van der Waals surface area contributed by atoms with Crippen LogP contribution in [0.3, 0.4) is 0 Å². The fourth-order valence-corrected chi connectivity index (χ4v) is 5.99. The van der Waals surface area contributed by atoms with Gasteiger partial charge in [-0.2, -0.15) is 0 Å². The van der Waals surface area contributed by atoms with Gasteiger partial charge in [0.25, 0.3) is 0 Å². The van der Waals surface area contributed by atoms with E-state index >= 15 is 0 Å². The topological polar surface area (TPSA) is 24.8 Å². The van der Waals surface area contributed by atoms with Gasteiger partial charge in [-0.15, -0.1) is 0 Å². The third-order valence-corrected chi connectivity index (χ3v) is 7.46. The van der Waals surface area contributed by atoms with Gasteiger partial charge < -0.3 is 0 Å². The van der Waals surface area contributed by atoms with E-state index in [2.05, 4.69) is 61.6 Å². The van der Waals surface area contributed by atoms with Crippen molar-refractivity contribution in [1.82, 2.24) is 4.90 Å². The monoisotopic (exact) mass is 442 g/mol. The Bertz CT molecular complexity index is 764. The number of rotatable bonds is 7. The number of hydrogen-bond acceptors (Lipinski definition) is 3. The third-order valence-electron chi connectivity index (χ3n) is 6.44. The minimum absolute atomic E-state index is 0.306. The van der Waals surface area contributed by atoms with Crippen molar-refractivity contribution in [3.63, 3.8) is 0 Å². The number of aryl methyl sites for hydroxylation is 1. The Morgan fingerprint density at radius 2 is 1.86 bits per heavy atom. The second-order valence-corrected chi connectivity index (χ2v) is 8.80. The van der Waals surface area contributed by atoms with E-state index in [4.69, 9.17) is 9.73 Å². The van der Waals surface area contributed by atoms with E-state index in [0.29, 0.717) is 12.1 Å². The fourth-order valence-electron chi connectivity index (χ4n) is 4.91. The molecule has 1 aliphatic carbocycles. The quantitative estimate of drug-likeness (QED) is 0.529. The van der Waals surface area contributed by atoms with Gasteiger partial charge in [-0.25, -0.2) is 0 Å². The van der Waals surface area contributed by atoms with Crippen molar-refractivity contribution in [2.24, 2.45) is 4.99 Å². The molecule has 1 heterocycles. The van der Waals surface area contributed by atoms with Crippen LogP contribution in [0, 0.1) is 0 Å². The molecule has 3 rings (SSSR count). The Balaban J connectivity index is 2.22. The Labute approximate surface area is 180 Å². The molecule has 2 radical (unpaired) electrons. The second-order valence-electron chi connectivity index (χ2n) is 7.91. The molecule has 0 saturated carbocycles. The first-order valence-electron chi connectivity index (χ1n) is 11.1. The molecule has 28 heavy (non-hydrogen) atoms. The van der Waals surface area contributed by atoms with E-state index in [9.17, 15) is 0 Å². The number of aliphatic imine (C=N–C) groups is 1. The number of fused-ring (bicyclic) bond motifs is 1. The number of benzene rings is 1. The normalized spacial score (nSPS) is 19.8. The number of methoxy groups -OCH3 is 1. The van der Waals surface area contributed by atoms with Crippen molar-refractivity contribution in [1.29, 1.82) is 0 Å². The molecule has 0 amide bonds. The van der Waals surface area contributed by atoms with Gasteiger partial charge in [0.05, 0.1) is 0 Å². The molecule has 1 unspecified atom stereocenters. The van der Waals surface area contributed by atoms with Gasteiger partial charge in [-0.05, 0) is 0 Å². The van der Waals surface area contributed by atoms with Crippen LogP contribution in [0.15, 0.2) is 27.3 Å². The van der Waals surface area contributed by atoms with E-state index in [1.807, 2.05) is 0 Å². The van der Waals surface area contributed by atoms with Crippen LogP contribution < -0.4 is 4.74 Å². The average Bonchev–Trinajstić information content (AvgIpc) is 2.74. The molecule has 4 heteroatoms. The molecular formula is C24H35AsN2O. The Kier molecular flexibility index (Phi) is 7.31. The summed E-state index contributed by atoms with van der Waals surface area (Å²) in [7, 11) is 1.80. The molecule has 3 nitrogen and oxygen atoms in total. The number of hydrogen-bond donors (Lipinski definition) is 0. The molecule has 0 spiro atoms. The molecule has 2 aliphatic rings. The average molecular weight is 442 g/mol. The van der Waals surface area contributed by atoms with Gasteiger partial charge in [-0.1, -0.05) is 0 Å². The van der Waals surface area contributed by atoms with Crippen molar-refractivity contribution < 1.29 is 4.74 Å². The van der Waals surface area contributed by atoms with Gasteiger partial charge >= 0.3 is 180 Å². The maximum atomic E-state index is 5.88. The molecule has 0 aromatic heterocycles. The van der Waals surface area contributed by atoms with Gasteiger partial charge in [0, 0.05) is 0 Å². The summed E-state index contributed by atoms with van der Waals surface area (Å²) in [6.07, 6.45) is 9.20. The summed E-state index contributed by atoms with van der Waals surface area (Å²) in [5.74, 6) is 0.992. The van der Waals surface area contributed by atoms with Gasteiger partial charge in [0.15, 0.2) is 0 Å². The van der Waals surface area contributed by atoms with E-state index in [1.54, 1.807) is 7.11 Å². The molecule has 1 atom stereocenters. The first-order valence-corrected chi connectivity index (χ1v) is 12.0. The fraction of sp³-hybridized carbons (Fsp3) is 0.625. The molecule has 0 fully saturated rings. The molecule has 0 bridgehead atoms. The summed E-state index contributed by atoms with van der Waals surface area (Å²) < 4.78 is 7.19. The van der Waals surface area contributed by atoms with Gasteiger partial charge in [0.1, 0.15) is 0 Å². The van der Waals surface area contributed by atoms with Crippen molar-refractivity contribution in [2.75, 3.05) is 7.11 Å². The standard InChI is InChI=1S/C24H35AsN2O/c1-6-17(7-2)27-20(9-4)23(26-19(8-3)24(27)25)22-18-13-11-10-12-16(18)14-15-21(22)28-5/h14-15,17,20H,6-13H2,1-5H3. The zero-order valence-electron chi connectivity index (χ0n) is 18.2. The van der Waals surface area contributed by atoms with Gasteiger partial charge in [0.2, 0.25) is 0 Å². The van der Waals surface area contributed by atoms with Crippen LogP contribution >= 0.6 is 0 Å². The van der Waals surface area contributed by atoms with Crippen LogP contribution in [0.1, 0.15) is 82.9 Å². The van der Waals surface area contributed by atoms with Crippen LogP contribution in [0.5, 0.6) is 5.75 Å². The van der Waals surface area contributed by atoms with Crippen molar-refractivity contribution in [3.8, 4) is 5.75 Å². The molecule has 1 aromatic rings. The summed E-state index contributed by atoms with van der Waals surface area (Å²) in [5, 5.41) is 0. The minimum atomic E-state index is 0.306. The number of allylic oxidation sites excluding steroid dienone is 1. The molecule has 152 valence electrons. The third kappa shape index (κ3) is 3.80. The second kappa shape index (κ2) is 9.52. The molecule has 0 saturated heterocycles. The van der Waals surface area contributed by atoms with E-state index in [0.717, 1.165) is 37.9 Å². The van der Waals surface area contributed by atoms with Crippen LogP contribution in [0.25, 0.3) is 0 Å². The molecule has 1 aliphatic heterocycles. The molecular weight excluding hydrogens is 407 g/mol. The van der Waals surface area contributed by atoms with Crippen molar-refractivity contribution in [3.05, 3.63) is 39.0 Å². The molecule has 1 aromatic carbocycles. The Morgan fingerprint density at radius 3 is 2.46 bits per heavy atom. The van der Waals surface area contributed by atoms with Crippen molar-refractivity contribution >= 4 is 22.6 Å². The molecule has 0 N–H and O–H groups in total. The van der Waals surface area contributed by atoms with E-state index in [1.165, 1.54) is 51.8 Å². The summed E-state index contributed by atoms with van der Waals surface area (Å²) in [6, 6.07) is 5.29. The van der Waals surface area contributed by atoms with Crippen molar-refractivity contribution in [2.45, 2.75) is 91.1 Å². The summed E-state index contributed by atoms with van der Waals surface area (Å²) in [5.41, 5.74) is 6.71. The van der Waals surface area contributed by atoms with Gasteiger partial charge in [-0.3, -0.25) is 0 Å². The maximum absolute atomic E-state index is 5.88. The number of ether oxygens (including phenoxy) is 1. The number of nitrogens with zero attached hydrogens (tertiary/aromatic N) is 2. The zero-order valence-corrected chi connectivity index (χ0v) is 20.1.